The lowest BCUT2D eigenvalue weighted by atomic mass is 9.90. The number of likely N-dealkylation sites (tertiary alicyclic amines) is 1. The minimum absolute atomic E-state index is 0.511. The molecule has 5 nitrogen and oxygen atoms in total. The van der Waals surface area contributed by atoms with Gasteiger partial charge in [-0.15, -0.1) is 0 Å². The standard InChI is InChI=1S/C15H20ClNO4/c1-15(14(18)19)6-7-17(9-15)8-10-4-5-11(20-2)13(21-3)12(10)16/h4-5H,6-9H2,1-3H3,(H,18,19). The fourth-order valence-corrected chi connectivity index (χ4v) is 2.95. The van der Waals surface area contributed by atoms with Crippen molar-refractivity contribution in [3.8, 4) is 11.5 Å². The summed E-state index contributed by atoms with van der Waals surface area (Å²) in [7, 11) is 3.11. The van der Waals surface area contributed by atoms with Crippen LogP contribution in [0, 0.1) is 5.41 Å². The van der Waals surface area contributed by atoms with Crippen LogP contribution < -0.4 is 9.47 Å². The fraction of sp³-hybridized carbons (Fsp3) is 0.533. The third kappa shape index (κ3) is 3.09. The van der Waals surface area contributed by atoms with E-state index in [0.717, 1.165) is 12.1 Å². The lowest BCUT2D eigenvalue weighted by Gasteiger charge is -2.21. The van der Waals surface area contributed by atoms with Crippen LogP contribution in [0.3, 0.4) is 0 Å². The first-order chi connectivity index (χ1) is 9.91. The van der Waals surface area contributed by atoms with E-state index in [-0.39, 0.29) is 0 Å². The van der Waals surface area contributed by atoms with Gasteiger partial charge >= 0.3 is 5.97 Å². The predicted molar refractivity (Wildman–Crippen MR) is 80.2 cm³/mol. The number of hydrogen-bond acceptors (Lipinski definition) is 4. The monoisotopic (exact) mass is 313 g/mol. The van der Waals surface area contributed by atoms with Gasteiger partial charge in [-0.25, -0.2) is 0 Å². The molecule has 1 aliphatic heterocycles. The SMILES string of the molecule is COc1ccc(CN2CCC(C)(C(=O)O)C2)c(Cl)c1OC. The summed E-state index contributed by atoms with van der Waals surface area (Å²) in [4.78, 5) is 13.4. The summed E-state index contributed by atoms with van der Waals surface area (Å²) in [5.41, 5.74) is 0.229. The number of ether oxygens (including phenoxy) is 2. The van der Waals surface area contributed by atoms with E-state index >= 15 is 0 Å². The second kappa shape index (κ2) is 6.12. The zero-order chi connectivity index (χ0) is 15.6. The van der Waals surface area contributed by atoms with Crippen molar-refractivity contribution in [3.63, 3.8) is 0 Å². The van der Waals surface area contributed by atoms with Crippen molar-refractivity contribution in [2.45, 2.75) is 19.9 Å². The van der Waals surface area contributed by atoms with Gasteiger partial charge in [-0.05, 0) is 31.5 Å². The van der Waals surface area contributed by atoms with E-state index in [1.165, 1.54) is 0 Å². The van der Waals surface area contributed by atoms with Gasteiger partial charge in [-0.2, -0.15) is 0 Å². The van der Waals surface area contributed by atoms with E-state index in [1.54, 1.807) is 21.1 Å². The van der Waals surface area contributed by atoms with Crippen molar-refractivity contribution in [1.82, 2.24) is 4.90 Å². The summed E-state index contributed by atoms with van der Waals surface area (Å²) >= 11 is 6.36. The quantitative estimate of drug-likeness (QED) is 0.905. The Morgan fingerprint density at radius 1 is 1.43 bits per heavy atom. The predicted octanol–water partition coefficient (Wildman–Crippen LogP) is 2.65. The van der Waals surface area contributed by atoms with Crippen LogP contribution in [0.15, 0.2) is 12.1 Å². The molecule has 1 atom stereocenters. The number of benzene rings is 1. The molecule has 1 N–H and O–H groups in total. The second-order valence-corrected chi connectivity index (χ2v) is 5.98. The second-order valence-electron chi connectivity index (χ2n) is 5.60. The molecule has 116 valence electrons. The molecule has 0 aliphatic carbocycles. The van der Waals surface area contributed by atoms with Crippen LogP contribution in [0.2, 0.25) is 5.02 Å². The molecule has 1 heterocycles. The molecule has 1 fully saturated rings. The molecule has 0 spiro atoms. The number of rotatable bonds is 5. The summed E-state index contributed by atoms with van der Waals surface area (Å²) in [6.07, 6.45) is 0.646. The fourth-order valence-electron chi connectivity index (χ4n) is 2.66. The molecule has 1 aromatic rings. The summed E-state index contributed by atoms with van der Waals surface area (Å²) in [5, 5.41) is 9.79. The zero-order valence-corrected chi connectivity index (χ0v) is 13.2. The van der Waals surface area contributed by atoms with Gasteiger partial charge in [-0.3, -0.25) is 9.69 Å². The van der Waals surface area contributed by atoms with Gasteiger partial charge < -0.3 is 14.6 Å². The number of halogens is 1. The summed E-state index contributed by atoms with van der Waals surface area (Å²) in [6.45, 7) is 3.65. The zero-order valence-electron chi connectivity index (χ0n) is 12.5. The van der Waals surface area contributed by atoms with Crippen LogP contribution in [0.5, 0.6) is 11.5 Å². The summed E-state index contributed by atoms with van der Waals surface area (Å²) in [5.74, 6) is 0.350. The molecular formula is C15H20ClNO4. The number of carbonyl (C=O) groups is 1. The van der Waals surface area contributed by atoms with Gasteiger partial charge in [0.05, 0.1) is 24.7 Å². The third-order valence-electron chi connectivity index (χ3n) is 4.03. The number of methoxy groups -OCH3 is 2. The minimum atomic E-state index is -0.747. The van der Waals surface area contributed by atoms with Gasteiger partial charge in [0.15, 0.2) is 11.5 Å². The van der Waals surface area contributed by atoms with Crippen LogP contribution in [-0.2, 0) is 11.3 Å². The van der Waals surface area contributed by atoms with Crippen LogP contribution in [0.1, 0.15) is 18.9 Å². The molecule has 0 radical (unpaired) electrons. The van der Waals surface area contributed by atoms with Crippen molar-refractivity contribution in [2.24, 2.45) is 5.41 Å². The average molecular weight is 314 g/mol. The summed E-state index contributed by atoms with van der Waals surface area (Å²) in [6, 6.07) is 3.70. The highest BCUT2D eigenvalue weighted by Crippen LogP contribution is 2.39. The molecule has 1 unspecified atom stereocenters. The molecular weight excluding hydrogens is 294 g/mol. The van der Waals surface area contributed by atoms with Crippen LogP contribution in [-0.4, -0.2) is 43.3 Å². The van der Waals surface area contributed by atoms with Crippen molar-refractivity contribution in [3.05, 3.63) is 22.7 Å². The molecule has 0 amide bonds. The van der Waals surface area contributed by atoms with Crippen LogP contribution in [0.25, 0.3) is 0 Å². The number of nitrogens with zero attached hydrogens (tertiary/aromatic N) is 1. The molecule has 1 aliphatic rings. The van der Waals surface area contributed by atoms with Gasteiger partial charge in [0.1, 0.15) is 0 Å². The van der Waals surface area contributed by atoms with E-state index in [9.17, 15) is 9.90 Å². The maximum absolute atomic E-state index is 11.3. The van der Waals surface area contributed by atoms with Crippen molar-refractivity contribution < 1.29 is 19.4 Å². The molecule has 1 aromatic carbocycles. The first-order valence-corrected chi connectivity index (χ1v) is 7.14. The maximum Gasteiger partial charge on any atom is 0.310 e. The Labute approximate surface area is 129 Å². The molecule has 6 heteroatoms. The van der Waals surface area contributed by atoms with Crippen LogP contribution >= 0.6 is 11.6 Å². The average Bonchev–Trinajstić information content (AvgIpc) is 2.83. The molecule has 0 bridgehead atoms. The van der Waals surface area contributed by atoms with Crippen molar-refractivity contribution >= 4 is 17.6 Å². The Bertz CT molecular complexity index is 549. The van der Waals surface area contributed by atoms with Gasteiger partial charge in [-0.1, -0.05) is 17.7 Å². The van der Waals surface area contributed by atoms with E-state index in [4.69, 9.17) is 21.1 Å². The number of carboxylic acids is 1. The Kier molecular flexibility index (Phi) is 4.64. The third-order valence-corrected chi connectivity index (χ3v) is 4.44. The number of aliphatic carboxylic acids is 1. The van der Waals surface area contributed by atoms with Gasteiger partial charge in [0.2, 0.25) is 0 Å². The minimum Gasteiger partial charge on any atom is -0.493 e. The van der Waals surface area contributed by atoms with Crippen molar-refractivity contribution in [2.75, 3.05) is 27.3 Å². The van der Waals surface area contributed by atoms with E-state index < -0.39 is 11.4 Å². The highest BCUT2D eigenvalue weighted by atomic mass is 35.5. The topological polar surface area (TPSA) is 59.0 Å². The Hall–Kier alpha value is -1.46. The molecule has 1 saturated heterocycles. The Morgan fingerprint density at radius 2 is 2.14 bits per heavy atom. The van der Waals surface area contributed by atoms with E-state index in [2.05, 4.69) is 4.90 Å². The van der Waals surface area contributed by atoms with Gasteiger partial charge in [0.25, 0.3) is 0 Å². The smallest absolute Gasteiger partial charge is 0.310 e. The highest BCUT2D eigenvalue weighted by molar-refractivity contribution is 6.33. The molecule has 21 heavy (non-hydrogen) atoms. The lowest BCUT2D eigenvalue weighted by Crippen LogP contribution is -2.31. The van der Waals surface area contributed by atoms with E-state index in [1.807, 2.05) is 12.1 Å². The van der Waals surface area contributed by atoms with Crippen LogP contribution in [0.4, 0.5) is 0 Å². The first-order valence-electron chi connectivity index (χ1n) is 6.76. The maximum atomic E-state index is 11.3. The highest BCUT2D eigenvalue weighted by Gasteiger charge is 2.40. The molecule has 0 aromatic heterocycles. The first kappa shape index (κ1) is 15.9. The summed E-state index contributed by atoms with van der Waals surface area (Å²) < 4.78 is 10.5. The van der Waals surface area contributed by atoms with Crippen molar-refractivity contribution in [1.29, 1.82) is 0 Å². The van der Waals surface area contributed by atoms with E-state index in [0.29, 0.717) is 36.0 Å². The van der Waals surface area contributed by atoms with Gasteiger partial charge in [0, 0.05) is 13.1 Å². The largest absolute Gasteiger partial charge is 0.493 e. The Morgan fingerprint density at radius 3 is 2.67 bits per heavy atom. The molecule has 2 rings (SSSR count). The normalized spacial score (nSPS) is 22.3. The Balaban J connectivity index is 2.16. The number of hydrogen-bond donors (Lipinski definition) is 1. The molecule has 0 saturated carbocycles. The lowest BCUT2D eigenvalue weighted by molar-refractivity contribution is -0.147. The number of carboxylic acid groups (broad SMARTS) is 1.